The molecular weight excluding hydrogens is 534 g/mol. The summed E-state index contributed by atoms with van der Waals surface area (Å²) in [5, 5.41) is 5.95. The molecule has 0 bridgehead atoms. The van der Waals surface area contributed by atoms with Gasteiger partial charge in [-0.05, 0) is 60.7 Å². The van der Waals surface area contributed by atoms with Gasteiger partial charge in [-0.3, -0.25) is 4.79 Å². The first-order valence-corrected chi connectivity index (χ1v) is 12.5. The van der Waals surface area contributed by atoms with Crippen LogP contribution >= 0.6 is 11.6 Å². The fourth-order valence-electron chi connectivity index (χ4n) is 4.35. The van der Waals surface area contributed by atoms with Crippen LogP contribution in [0.4, 0.5) is 0 Å². The number of para-hydroxylation sites is 1. The Morgan fingerprint density at radius 2 is 1.80 bits per heavy atom. The Morgan fingerprint density at radius 1 is 0.950 bits per heavy atom. The fourth-order valence-corrected chi connectivity index (χ4v) is 4.56. The van der Waals surface area contributed by atoms with E-state index in [1.807, 2.05) is 12.1 Å². The summed E-state index contributed by atoms with van der Waals surface area (Å²) in [5.74, 6) is 1.43. The van der Waals surface area contributed by atoms with Crippen molar-refractivity contribution < 1.29 is 23.1 Å². The lowest BCUT2D eigenvalue weighted by molar-refractivity contribution is 0.0601. The number of aromatic nitrogens is 2. The van der Waals surface area contributed by atoms with Crippen molar-refractivity contribution in [1.82, 2.24) is 9.66 Å². The third-order valence-corrected chi connectivity index (χ3v) is 6.63. The normalized spacial score (nSPS) is 11.5. The molecule has 0 saturated carbocycles. The summed E-state index contributed by atoms with van der Waals surface area (Å²) in [6.07, 6.45) is 1.39. The van der Waals surface area contributed by atoms with E-state index < -0.39 is 5.97 Å². The van der Waals surface area contributed by atoms with Crippen LogP contribution in [0.1, 0.15) is 16.1 Å². The zero-order valence-electron chi connectivity index (χ0n) is 21.3. The molecule has 0 saturated heterocycles. The highest BCUT2D eigenvalue weighted by Gasteiger charge is 2.18. The molecule has 0 aliphatic rings. The molecule has 3 aromatic heterocycles. The Bertz CT molecular complexity index is 2000. The molecule has 0 spiro atoms. The van der Waals surface area contributed by atoms with Crippen LogP contribution in [0, 0.1) is 0 Å². The van der Waals surface area contributed by atoms with Crippen molar-refractivity contribution in [3.63, 3.8) is 0 Å². The second-order valence-electron chi connectivity index (χ2n) is 8.69. The highest BCUT2D eigenvalue weighted by molar-refractivity contribution is 6.33. The third-order valence-electron chi connectivity index (χ3n) is 6.30. The number of nitrogens with zero attached hydrogens (tertiary/aromatic N) is 3. The number of carbonyl (C=O) groups excluding carboxylic acids is 1. The van der Waals surface area contributed by atoms with Gasteiger partial charge in [0.15, 0.2) is 5.76 Å². The smallest absolute Gasteiger partial charge is 0.337 e. The minimum atomic E-state index is -0.495. The van der Waals surface area contributed by atoms with E-state index in [2.05, 4.69) is 5.10 Å². The first-order chi connectivity index (χ1) is 19.5. The molecule has 3 aromatic carbocycles. The van der Waals surface area contributed by atoms with Crippen molar-refractivity contribution in [3.8, 4) is 28.7 Å². The van der Waals surface area contributed by atoms with Crippen LogP contribution in [-0.2, 0) is 4.74 Å². The minimum Gasteiger partial charge on any atom is -0.496 e. The van der Waals surface area contributed by atoms with E-state index in [1.165, 1.54) is 18.0 Å². The number of ether oxygens (including phenoxy) is 2. The van der Waals surface area contributed by atoms with Crippen LogP contribution in [-0.4, -0.2) is 36.1 Å². The molecule has 9 nitrogen and oxygen atoms in total. The maximum Gasteiger partial charge on any atom is 0.337 e. The number of hydrogen-bond acceptors (Lipinski definition) is 8. The van der Waals surface area contributed by atoms with Crippen molar-refractivity contribution in [1.29, 1.82) is 0 Å². The van der Waals surface area contributed by atoms with Gasteiger partial charge in [0.05, 0.1) is 47.3 Å². The van der Waals surface area contributed by atoms with Crippen LogP contribution in [0.3, 0.4) is 0 Å². The molecule has 0 fully saturated rings. The van der Waals surface area contributed by atoms with Gasteiger partial charge in [0.25, 0.3) is 5.56 Å². The molecule has 6 aromatic rings. The Balaban J connectivity index is 1.44. The van der Waals surface area contributed by atoms with Gasteiger partial charge in [0.1, 0.15) is 22.9 Å². The van der Waals surface area contributed by atoms with Crippen molar-refractivity contribution in [3.05, 3.63) is 106 Å². The lowest BCUT2D eigenvalue weighted by atomic mass is 10.1. The van der Waals surface area contributed by atoms with Crippen LogP contribution in [0.25, 0.3) is 44.8 Å². The summed E-state index contributed by atoms with van der Waals surface area (Å²) in [4.78, 5) is 30.2. The molecule has 6 rings (SSSR count). The molecule has 0 aliphatic carbocycles. The van der Waals surface area contributed by atoms with Gasteiger partial charge in [-0.2, -0.15) is 9.78 Å². The average molecular weight is 554 g/mol. The molecule has 3 heterocycles. The van der Waals surface area contributed by atoms with Crippen LogP contribution in [0.15, 0.2) is 97.6 Å². The summed E-state index contributed by atoms with van der Waals surface area (Å²) in [7, 11) is 2.88. The number of halogens is 1. The van der Waals surface area contributed by atoms with Gasteiger partial charge < -0.3 is 18.3 Å². The first kappa shape index (κ1) is 25.1. The molecular formula is C30H20ClN3O6. The van der Waals surface area contributed by atoms with Gasteiger partial charge in [-0.15, -0.1) is 0 Å². The molecule has 198 valence electrons. The minimum absolute atomic E-state index is 0.207. The Labute approximate surface area is 231 Å². The Morgan fingerprint density at radius 3 is 2.62 bits per heavy atom. The number of benzene rings is 3. The second kappa shape index (κ2) is 10.2. The van der Waals surface area contributed by atoms with E-state index in [4.69, 9.17) is 34.9 Å². The number of methoxy groups -OCH3 is 2. The largest absolute Gasteiger partial charge is 0.496 e. The molecule has 0 radical (unpaired) electrons. The molecule has 0 amide bonds. The number of rotatable bonds is 6. The van der Waals surface area contributed by atoms with E-state index in [0.29, 0.717) is 55.7 Å². The van der Waals surface area contributed by atoms with Gasteiger partial charge in [0.2, 0.25) is 5.82 Å². The number of furan rings is 2. The van der Waals surface area contributed by atoms with Crippen LogP contribution in [0.2, 0.25) is 5.02 Å². The Hall–Kier alpha value is -5.15. The number of carbonyl (C=O) groups is 1. The fraction of sp³-hybridized carbons (Fsp3) is 0.0667. The molecule has 40 heavy (non-hydrogen) atoms. The standard InChI is InChI=1S/C30H20ClN3O6/c1-37-24-8-5-9-25-21(24)15-27(40-25)28-33-23-7-4-3-6-19(23)29(35)34(28)32-16-18-11-13-26(39-18)20-14-17(30(36)38-2)10-12-22(20)31/h3-16H,1-2H3. The molecule has 0 unspecified atom stereocenters. The van der Waals surface area contributed by atoms with E-state index >= 15 is 0 Å². The van der Waals surface area contributed by atoms with E-state index in [-0.39, 0.29) is 11.4 Å². The summed E-state index contributed by atoms with van der Waals surface area (Å²) < 4.78 is 23.4. The predicted molar refractivity (Wildman–Crippen MR) is 151 cm³/mol. The van der Waals surface area contributed by atoms with Crippen LogP contribution < -0.4 is 10.3 Å². The van der Waals surface area contributed by atoms with Gasteiger partial charge in [0, 0.05) is 5.56 Å². The molecule has 0 N–H and O–H groups in total. The van der Waals surface area contributed by atoms with Gasteiger partial charge in [-0.25, -0.2) is 9.78 Å². The van der Waals surface area contributed by atoms with Crippen molar-refractivity contribution >= 4 is 45.7 Å². The quantitative estimate of drug-likeness (QED) is 0.173. The summed E-state index contributed by atoms with van der Waals surface area (Å²) >= 11 is 6.36. The van der Waals surface area contributed by atoms with E-state index in [0.717, 1.165) is 5.39 Å². The summed E-state index contributed by atoms with van der Waals surface area (Å²) in [6, 6.07) is 22.3. The maximum absolute atomic E-state index is 13.5. The molecule has 0 aliphatic heterocycles. The Kier molecular flexibility index (Phi) is 6.41. The topological polar surface area (TPSA) is 109 Å². The number of hydrogen-bond donors (Lipinski definition) is 0. The molecule has 10 heteroatoms. The lowest BCUT2D eigenvalue weighted by Gasteiger charge is -2.07. The van der Waals surface area contributed by atoms with E-state index in [1.54, 1.807) is 73.8 Å². The van der Waals surface area contributed by atoms with Crippen molar-refractivity contribution in [2.24, 2.45) is 5.10 Å². The monoisotopic (exact) mass is 553 g/mol. The SMILES string of the molecule is COC(=O)c1ccc(Cl)c(-c2ccc(C=Nn3c(-c4cc5c(OC)cccc5o4)nc4ccccc4c3=O)o2)c1. The van der Waals surface area contributed by atoms with Gasteiger partial charge >= 0.3 is 5.97 Å². The highest BCUT2D eigenvalue weighted by atomic mass is 35.5. The number of fused-ring (bicyclic) bond motifs is 2. The molecule has 0 atom stereocenters. The highest BCUT2D eigenvalue weighted by Crippen LogP contribution is 2.33. The zero-order chi connectivity index (χ0) is 27.8. The summed E-state index contributed by atoms with van der Waals surface area (Å²) in [6.45, 7) is 0. The van der Waals surface area contributed by atoms with Crippen LogP contribution in [0.5, 0.6) is 5.75 Å². The third kappa shape index (κ3) is 4.42. The lowest BCUT2D eigenvalue weighted by Crippen LogP contribution is -2.20. The maximum atomic E-state index is 13.5. The van der Waals surface area contributed by atoms with E-state index in [9.17, 15) is 9.59 Å². The second-order valence-corrected chi connectivity index (χ2v) is 9.09. The first-order valence-electron chi connectivity index (χ1n) is 12.1. The van der Waals surface area contributed by atoms with Crippen molar-refractivity contribution in [2.75, 3.05) is 14.2 Å². The number of esters is 1. The summed E-state index contributed by atoms with van der Waals surface area (Å²) in [5.41, 5.74) is 1.53. The average Bonchev–Trinajstić information content (AvgIpc) is 3.64. The van der Waals surface area contributed by atoms with Crippen molar-refractivity contribution in [2.45, 2.75) is 0 Å². The predicted octanol–water partition coefficient (Wildman–Crippen LogP) is 6.40. The van der Waals surface area contributed by atoms with Gasteiger partial charge in [-0.1, -0.05) is 29.8 Å². The zero-order valence-corrected chi connectivity index (χ0v) is 22.0.